The highest BCUT2D eigenvalue weighted by molar-refractivity contribution is 5.87. The minimum absolute atomic E-state index is 0.0439. The molecule has 0 aromatic rings. The third-order valence-electron chi connectivity index (χ3n) is 7.29. The number of carbonyl (C=O) groups is 2. The Hall–Kier alpha value is -1.84. The molecule has 2 amide bonds. The van der Waals surface area contributed by atoms with Crippen LogP contribution in [0.3, 0.4) is 0 Å². The Kier molecular flexibility index (Phi) is 5.03. The van der Waals surface area contributed by atoms with Gasteiger partial charge in [-0.3, -0.25) is 4.79 Å². The van der Waals surface area contributed by atoms with Crippen molar-refractivity contribution in [1.82, 2.24) is 10.2 Å². The molecule has 160 valence electrons. The molecule has 1 saturated heterocycles. The zero-order valence-corrected chi connectivity index (χ0v) is 17.6. The summed E-state index contributed by atoms with van der Waals surface area (Å²) in [5.74, 6) is 1.47. The molecule has 29 heavy (non-hydrogen) atoms. The van der Waals surface area contributed by atoms with Gasteiger partial charge in [-0.25, -0.2) is 9.18 Å². The van der Waals surface area contributed by atoms with E-state index in [0.29, 0.717) is 17.8 Å². The number of likely N-dealkylation sites (tertiary alicyclic amines) is 1. The number of alkyl carbamates (subject to hydrolysis) is 1. The second-order valence-corrected chi connectivity index (χ2v) is 10.8. The average Bonchev–Trinajstić information content (AvgIpc) is 2.97. The molecule has 0 aromatic heterocycles. The second-order valence-electron chi connectivity index (χ2n) is 10.8. The quantitative estimate of drug-likeness (QED) is 0.778. The van der Waals surface area contributed by atoms with Crippen molar-refractivity contribution in [3.63, 3.8) is 0 Å². The van der Waals surface area contributed by atoms with E-state index in [9.17, 15) is 19.2 Å². The predicted octanol–water partition coefficient (Wildman–Crippen LogP) is 3.56. The fraction of sp³-hybridized carbons (Fsp3) is 0.864. The molecule has 0 radical (unpaired) electrons. The number of nitriles is 1. The van der Waals surface area contributed by atoms with E-state index in [2.05, 4.69) is 11.4 Å². The third kappa shape index (κ3) is 3.95. The van der Waals surface area contributed by atoms with Crippen molar-refractivity contribution >= 4 is 12.0 Å². The van der Waals surface area contributed by atoms with Gasteiger partial charge in [-0.2, -0.15) is 5.26 Å². The summed E-state index contributed by atoms with van der Waals surface area (Å²) in [6.45, 7) is 5.28. The lowest BCUT2D eigenvalue weighted by Crippen LogP contribution is -2.63. The first-order chi connectivity index (χ1) is 13.6. The smallest absolute Gasteiger partial charge is 0.408 e. The van der Waals surface area contributed by atoms with Crippen LogP contribution in [0.5, 0.6) is 0 Å². The summed E-state index contributed by atoms with van der Waals surface area (Å²) in [5, 5.41) is 12.3. The summed E-state index contributed by atoms with van der Waals surface area (Å²) in [5.41, 5.74) is -0.983. The largest absolute Gasteiger partial charge is 0.444 e. The van der Waals surface area contributed by atoms with Crippen molar-refractivity contribution in [3.05, 3.63) is 0 Å². The number of amides is 2. The number of rotatable bonds is 3. The van der Waals surface area contributed by atoms with Crippen molar-refractivity contribution in [2.24, 2.45) is 23.2 Å². The van der Waals surface area contributed by atoms with E-state index < -0.39 is 29.9 Å². The van der Waals surface area contributed by atoms with Crippen LogP contribution in [0.1, 0.15) is 65.7 Å². The average molecular weight is 406 g/mol. The number of nitrogens with one attached hydrogen (secondary N) is 1. The number of alkyl halides is 1. The van der Waals surface area contributed by atoms with Crippen LogP contribution in [-0.2, 0) is 9.53 Å². The fourth-order valence-electron chi connectivity index (χ4n) is 6.75. The lowest BCUT2D eigenvalue weighted by molar-refractivity contribution is -0.145. The molecular weight excluding hydrogens is 373 g/mol. The van der Waals surface area contributed by atoms with E-state index in [1.54, 1.807) is 20.8 Å². The molecule has 0 unspecified atom stereocenters. The van der Waals surface area contributed by atoms with Crippen LogP contribution in [0.15, 0.2) is 0 Å². The van der Waals surface area contributed by atoms with Crippen LogP contribution >= 0.6 is 0 Å². The number of halogens is 1. The third-order valence-corrected chi connectivity index (χ3v) is 7.29. The Morgan fingerprint density at radius 2 is 1.69 bits per heavy atom. The Morgan fingerprint density at radius 1 is 1.14 bits per heavy atom. The maximum atomic E-state index is 14.0. The summed E-state index contributed by atoms with van der Waals surface area (Å²) < 4.78 is 19.5. The number of carbonyl (C=O) groups excluding carboxylic acids is 2. The molecule has 0 aromatic carbocycles. The van der Waals surface area contributed by atoms with E-state index in [1.807, 2.05) is 0 Å². The van der Waals surface area contributed by atoms with Crippen LogP contribution < -0.4 is 5.32 Å². The van der Waals surface area contributed by atoms with Crippen molar-refractivity contribution in [2.45, 2.75) is 89.6 Å². The summed E-state index contributed by atoms with van der Waals surface area (Å²) in [7, 11) is 0. The molecule has 7 heteroatoms. The molecule has 0 spiro atoms. The van der Waals surface area contributed by atoms with Gasteiger partial charge in [0.1, 0.15) is 23.9 Å². The first-order valence-corrected chi connectivity index (χ1v) is 10.9. The van der Waals surface area contributed by atoms with E-state index in [-0.39, 0.29) is 24.3 Å². The molecule has 4 bridgehead atoms. The maximum absolute atomic E-state index is 14.0. The summed E-state index contributed by atoms with van der Waals surface area (Å²) in [6, 6.07) is 0.540. The molecule has 5 aliphatic rings. The van der Waals surface area contributed by atoms with E-state index in [1.165, 1.54) is 24.2 Å². The Balaban J connectivity index is 1.62. The minimum atomic E-state index is -1.19. The lowest BCUT2D eigenvalue weighted by Gasteiger charge is -2.59. The van der Waals surface area contributed by atoms with Gasteiger partial charge in [0.2, 0.25) is 5.91 Å². The molecule has 5 rings (SSSR count). The molecule has 1 aliphatic heterocycles. The monoisotopic (exact) mass is 405 g/mol. The van der Waals surface area contributed by atoms with Gasteiger partial charge < -0.3 is 15.0 Å². The molecule has 4 aliphatic carbocycles. The molecule has 5 fully saturated rings. The SMILES string of the molecule is CC(C)(C)OC(=O)N[C@H](C(=O)N1C[C@@H](F)C[C@H]1C#N)C12CC3CC(CC(C3)C1)C2. The number of nitrogens with zero attached hydrogens (tertiary/aromatic N) is 2. The highest BCUT2D eigenvalue weighted by Crippen LogP contribution is 2.61. The molecule has 1 N–H and O–H groups in total. The Morgan fingerprint density at radius 3 is 2.17 bits per heavy atom. The van der Waals surface area contributed by atoms with Crippen molar-refractivity contribution in [1.29, 1.82) is 5.26 Å². The molecule has 6 nitrogen and oxygen atoms in total. The van der Waals surface area contributed by atoms with Crippen LogP contribution in [0.25, 0.3) is 0 Å². The lowest BCUT2D eigenvalue weighted by atomic mass is 9.47. The molecule has 1 heterocycles. The van der Waals surface area contributed by atoms with Gasteiger partial charge in [-0.1, -0.05) is 0 Å². The highest BCUT2D eigenvalue weighted by atomic mass is 19.1. The normalized spacial score (nSPS) is 39.1. The maximum Gasteiger partial charge on any atom is 0.408 e. The Bertz CT molecular complexity index is 691. The van der Waals surface area contributed by atoms with Gasteiger partial charge in [0.25, 0.3) is 0 Å². The van der Waals surface area contributed by atoms with Gasteiger partial charge in [0.15, 0.2) is 0 Å². The van der Waals surface area contributed by atoms with Crippen molar-refractivity contribution in [3.8, 4) is 6.07 Å². The number of hydrogen-bond donors (Lipinski definition) is 1. The highest BCUT2D eigenvalue weighted by Gasteiger charge is 2.58. The summed E-state index contributed by atoms with van der Waals surface area (Å²) in [6.07, 6.45) is 4.61. The van der Waals surface area contributed by atoms with Gasteiger partial charge in [0.05, 0.1) is 12.6 Å². The molecular formula is C22H32FN3O3. The summed E-state index contributed by atoms with van der Waals surface area (Å²) in [4.78, 5) is 27.6. The number of ether oxygens (including phenoxy) is 1. The topological polar surface area (TPSA) is 82.4 Å². The zero-order chi connectivity index (χ0) is 21.0. The fourth-order valence-corrected chi connectivity index (χ4v) is 6.75. The van der Waals surface area contributed by atoms with Crippen LogP contribution in [-0.4, -0.2) is 47.3 Å². The molecule has 3 atom stereocenters. The zero-order valence-electron chi connectivity index (χ0n) is 17.6. The van der Waals surface area contributed by atoms with Crippen LogP contribution in [0.2, 0.25) is 0 Å². The first kappa shape index (κ1) is 20.4. The summed E-state index contributed by atoms with van der Waals surface area (Å²) >= 11 is 0. The van der Waals surface area contributed by atoms with Gasteiger partial charge in [-0.05, 0) is 77.0 Å². The van der Waals surface area contributed by atoms with Gasteiger partial charge >= 0.3 is 6.09 Å². The van der Waals surface area contributed by atoms with Crippen LogP contribution in [0, 0.1) is 34.5 Å². The van der Waals surface area contributed by atoms with E-state index in [0.717, 1.165) is 19.3 Å². The van der Waals surface area contributed by atoms with Crippen LogP contribution in [0.4, 0.5) is 9.18 Å². The number of hydrogen-bond acceptors (Lipinski definition) is 4. The second kappa shape index (κ2) is 7.14. The predicted molar refractivity (Wildman–Crippen MR) is 104 cm³/mol. The Labute approximate surface area is 172 Å². The van der Waals surface area contributed by atoms with Crippen molar-refractivity contribution < 1.29 is 18.7 Å². The van der Waals surface area contributed by atoms with Crippen molar-refractivity contribution in [2.75, 3.05) is 6.54 Å². The minimum Gasteiger partial charge on any atom is -0.444 e. The van der Waals surface area contributed by atoms with Gasteiger partial charge in [-0.15, -0.1) is 0 Å². The molecule has 4 saturated carbocycles. The van der Waals surface area contributed by atoms with E-state index in [4.69, 9.17) is 4.74 Å². The van der Waals surface area contributed by atoms with E-state index >= 15 is 0 Å². The van der Waals surface area contributed by atoms with Gasteiger partial charge in [0, 0.05) is 11.8 Å². The first-order valence-electron chi connectivity index (χ1n) is 10.9. The standard InChI is InChI=1S/C22H32FN3O3/c1-21(2,3)29-20(28)25-18(19(27)26-12-16(23)7-17(26)11-24)22-8-13-4-14(9-22)6-15(5-13)10-22/h13-18H,4-10,12H2,1-3H3,(H,25,28)/t13?,14?,15?,16-,17-,18+,22?/m0/s1.